The summed E-state index contributed by atoms with van der Waals surface area (Å²) >= 11 is 6.07. The molecule has 0 radical (unpaired) electrons. The molecule has 2 aromatic carbocycles. The highest BCUT2D eigenvalue weighted by Crippen LogP contribution is 2.33. The molecule has 1 fully saturated rings. The Kier molecular flexibility index (Phi) is 5.57. The van der Waals surface area contributed by atoms with Gasteiger partial charge in [0.2, 0.25) is 17.6 Å². The van der Waals surface area contributed by atoms with Crippen molar-refractivity contribution >= 4 is 34.2 Å². The van der Waals surface area contributed by atoms with Crippen LogP contribution in [0, 0.1) is 5.92 Å². The average molecular weight is 480 g/mol. The van der Waals surface area contributed by atoms with Gasteiger partial charge in [-0.1, -0.05) is 36.7 Å². The second-order valence-electron chi connectivity index (χ2n) is 8.84. The van der Waals surface area contributed by atoms with Gasteiger partial charge >= 0.3 is 11.1 Å². The van der Waals surface area contributed by atoms with Gasteiger partial charge in [-0.15, -0.1) is 0 Å². The SMILES string of the molecule is CC(C)Cn1c(=O)c(=O)[nH]c2cc(-c3noc(C4CC(=O)N(c5cccc(Cl)c5)C4)n3)ccc21. The number of amides is 1. The smallest absolute Gasteiger partial charge is 0.316 e. The fraction of sp³-hybridized carbons (Fsp3) is 0.292. The van der Waals surface area contributed by atoms with Gasteiger partial charge in [-0.2, -0.15) is 4.98 Å². The highest BCUT2D eigenvalue weighted by molar-refractivity contribution is 6.30. The maximum Gasteiger partial charge on any atom is 0.316 e. The molecule has 2 aromatic heterocycles. The number of halogens is 1. The Morgan fingerprint density at radius 2 is 2.00 bits per heavy atom. The van der Waals surface area contributed by atoms with Crippen molar-refractivity contribution in [2.45, 2.75) is 32.7 Å². The van der Waals surface area contributed by atoms with Gasteiger partial charge < -0.3 is 19.0 Å². The van der Waals surface area contributed by atoms with Crippen molar-refractivity contribution < 1.29 is 9.32 Å². The predicted molar refractivity (Wildman–Crippen MR) is 128 cm³/mol. The van der Waals surface area contributed by atoms with E-state index in [4.69, 9.17) is 16.1 Å². The van der Waals surface area contributed by atoms with Crippen LogP contribution in [-0.4, -0.2) is 32.1 Å². The van der Waals surface area contributed by atoms with E-state index in [1.165, 1.54) is 4.57 Å². The van der Waals surface area contributed by atoms with Crippen LogP contribution in [-0.2, 0) is 11.3 Å². The zero-order valence-corrected chi connectivity index (χ0v) is 19.4. The van der Waals surface area contributed by atoms with Crippen molar-refractivity contribution in [2.24, 2.45) is 5.92 Å². The molecule has 174 valence electrons. The fourth-order valence-corrected chi connectivity index (χ4v) is 4.43. The van der Waals surface area contributed by atoms with Crippen molar-refractivity contribution in [3.05, 3.63) is 74.1 Å². The van der Waals surface area contributed by atoms with E-state index >= 15 is 0 Å². The number of anilines is 1. The molecule has 1 amide bonds. The zero-order valence-electron chi connectivity index (χ0n) is 18.6. The van der Waals surface area contributed by atoms with Crippen LogP contribution in [0.3, 0.4) is 0 Å². The van der Waals surface area contributed by atoms with Crippen molar-refractivity contribution in [1.82, 2.24) is 19.7 Å². The van der Waals surface area contributed by atoms with E-state index in [0.29, 0.717) is 46.4 Å². The lowest BCUT2D eigenvalue weighted by Gasteiger charge is -2.16. The van der Waals surface area contributed by atoms with Crippen LogP contribution >= 0.6 is 11.6 Å². The van der Waals surface area contributed by atoms with Crippen molar-refractivity contribution in [1.29, 1.82) is 0 Å². The second-order valence-corrected chi connectivity index (χ2v) is 9.27. The number of H-pyrrole nitrogens is 1. The average Bonchev–Trinajstić information content (AvgIpc) is 3.43. The Morgan fingerprint density at radius 1 is 1.18 bits per heavy atom. The standard InChI is InChI=1S/C24H22ClN5O4/c1-13(2)11-30-19-7-6-14(8-18(19)26-22(32)24(30)33)21-27-23(34-28-21)15-9-20(31)29(12-15)17-5-3-4-16(25)10-17/h3-8,10,13,15H,9,11-12H2,1-2H3,(H,26,32). The molecule has 0 bridgehead atoms. The summed E-state index contributed by atoms with van der Waals surface area (Å²) < 4.78 is 6.98. The fourth-order valence-electron chi connectivity index (χ4n) is 4.25. The molecule has 4 aromatic rings. The number of carbonyl (C=O) groups excluding carboxylic acids is 1. The number of aromatic nitrogens is 4. The maximum absolute atomic E-state index is 12.6. The summed E-state index contributed by atoms with van der Waals surface area (Å²) in [5.74, 6) is 0.615. The number of nitrogens with zero attached hydrogens (tertiary/aromatic N) is 4. The molecule has 3 heterocycles. The summed E-state index contributed by atoms with van der Waals surface area (Å²) in [5, 5.41) is 4.65. The first-order valence-corrected chi connectivity index (χ1v) is 11.3. The lowest BCUT2D eigenvalue weighted by molar-refractivity contribution is -0.117. The van der Waals surface area contributed by atoms with Crippen LogP contribution in [0.5, 0.6) is 0 Å². The predicted octanol–water partition coefficient (Wildman–Crippen LogP) is 3.57. The quantitative estimate of drug-likeness (QED) is 0.438. The number of rotatable bonds is 5. The van der Waals surface area contributed by atoms with E-state index in [-0.39, 0.29) is 24.2 Å². The van der Waals surface area contributed by atoms with Gasteiger partial charge in [0.1, 0.15) is 0 Å². The van der Waals surface area contributed by atoms with Crippen LogP contribution < -0.4 is 16.0 Å². The third kappa shape index (κ3) is 4.03. The highest BCUT2D eigenvalue weighted by Gasteiger charge is 2.35. The monoisotopic (exact) mass is 479 g/mol. The minimum atomic E-state index is -0.676. The minimum absolute atomic E-state index is 0.0431. The van der Waals surface area contributed by atoms with Crippen molar-refractivity contribution in [3.8, 4) is 11.4 Å². The molecule has 1 aliphatic rings. The van der Waals surface area contributed by atoms with Crippen LogP contribution in [0.15, 0.2) is 56.6 Å². The van der Waals surface area contributed by atoms with Gasteiger partial charge in [-0.25, -0.2) is 0 Å². The van der Waals surface area contributed by atoms with E-state index < -0.39 is 11.1 Å². The molecule has 5 rings (SSSR count). The molecular formula is C24H22ClN5O4. The minimum Gasteiger partial charge on any atom is -0.339 e. The first kappa shape index (κ1) is 22.1. The Morgan fingerprint density at radius 3 is 2.76 bits per heavy atom. The molecular weight excluding hydrogens is 458 g/mol. The van der Waals surface area contributed by atoms with Crippen LogP contribution in [0.25, 0.3) is 22.4 Å². The molecule has 9 nitrogen and oxygen atoms in total. The molecule has 1 aliphatic heterocycles. The third-order valence-electron chi connectivity index (χ3n) is 5.82. The zero-order chi connectivity index (χ0) is 24.0. The largest absolute Gasteiger partial charge is 0.339 e. The van der Waals surface area contributed by atoms with E-state index in [1.807, 2.05) is 19.9 Å². The van der Waals surface area contributed by atoms with E-state index in [0.717, 1.165) is 5.69 Å². The summed E-state index contributed by atoms with van der Waals surface area (Å²) in [6.45, 7) is 4.81. The summed E-state index contributed by atoms with van der Waals surface area (Å²) in [6.07, 6.45) is 0.251. The Bertz CT molecular complexity index is 1520. The Labute approximate surface area is 199 Å². The molecule has 10 heteroatoms. The second kappa shape index (κ2) is 8.57. The molecule has 0 aliphatic carbocycles. The Hall–Kier alpha value is -3.72. The number of fused-ring (bicyclic) bond motifs is 1. The van der Waals surface area contributed by atoms with Crippen molar-refractivity contribution in [2.75, 3.05) is 11.4 Å². The Balaban J connectivity index is 1.44. The number of nitrogens with one attached hydrogen (secondary N) is 1. The first-order chi connectivity index (χ1) is 16.3. The first-order valence-electron chi connectivity index (χ1n) is 11.0. The summed E-state index contributed by atoms with van der Waals surface area (Å²) in [4.78, 5) is 45.9. The molecule has 0 saturated carbocycles. The van der Waals surface area contributed by atoms with E-state index in [9.17, 15) is 14.4 Å². The number of carbonyl (C=O) groups is 1. The summed E-state index contributed by atoms with van der Waals surface area (Å²) in [6, 6.07) is 12.4. The summed E-state index contributed by atoms with van der Waals surface area (Å²) in [5.41, 5.74) is 1.24. The van der Waals surface area contributed by atoms with Gasteiger partial charge in [-0.05, 0) is 42.3 Å². The van der Waals surface area contributed by atoms with E-state index in [2.05, 4.69) is 15.1 Å². The molecule has 0 spiro atoms. The van der Waals surface area contributed by atoms with Crippen LogP contribution in [0.1, 0.15) is 32.1 Å². The van der Waals surface area contributed by atoms with Crippen LogP contribution in [0.2, 0.25) is 5.02 Å². The number of aromatic amines is 1. The third-order valence-corrected chi connectivity index (χ3v) is 6.05. The molecule has 1 atom stereocenters. The molecule has 1 N–H and O–H groups in total. The normalized spacial score (nSPS) is 16.2. The summed E-state index contributed by atoms with van der Waals surface area (Å²) in [7, 11) is 0. The van der Waals surface area contributed by atoms with Gasteiger partial charge in [0, 0.05) is 35.8 Å². The van der Waals surface area contributed by atoms with Gasteiger partial charge in [0.15, 0.2) is 0 Å². The lowest BCUT2D eigenvalue weighted by Crippen LogP contribution is -2.37. The number of hydrogen-bond acceptors (Lipinski definition) is 6. The molecule has 34 heavy (non-hydrogen) atoms. The maximum atomic E-state index is 12.6. The lowest BCUT2D eigenvalue weighted by atomic mass is 10.1. The van der Waals surface area contributed by atoms with E-state index in [1.54, 1.807) is 41.3 Å². The van der Waals surface area contributed by atoms with Gasteiger partial charge in [0.05, 0.1) is 17.0 Å². The topological polar surface area (TPSA) is 114 Å². The molecule has 1 unspecified atom stereocenters. The highest BCUT2D eigenvalue weighted by atomic mass is 35.5. The number of benzene rings is 2. The van der Waals surface area contributed by atoms with Gasteiger partial charge in [0.25, 0.3) is 0 Å². The van der Waals surface area contributed by atoms with Crippen LogP contribution in [0.4, 0.5) is 5.69 Å². The van der Waals surface area contributed by atoms with Crippen molar-refractivity contribution in [3.63, 3.8) is 0 Å². The number of hydrogen-bond donors (Lipinski definition) is 1. The molecule has 1 saturated heterocycles. The van der Waals surface area contributed by atoms with Gasteiger partial charge in [-0.3, -0.25) is 14.4 Å².